The molecule has 37 heavy (non-hydrogen) atoms. The van der Waals surface area contributed by atoms with Crippen LogP contribution >= 0.6 is 0 Å². The third-order valence-electron chi connectivity index (χ3n) is 5.89. The molecular formula is C22H31F6N3O6. The van der Waals surface area contributed by atoms with E-state index in [9.17, 15) is 26.3 Å². The van der Waals surface area contributed by atoms with Crippen molar-refractivity contribution in [3.05, 3.63) is 23.9 Å². The van der Waals surface area contributed by atoms with Gasteiger partial charge in [-0.2, -0.15) is 26.3 Å². The molecule has 0 spiro atoms. The molecule has 2 aliphatic heterocycles. The average molecular weight is 547 g/mol. The molecule has 0 saturated carbocycles. The predicted molar refractivity (Wildman–Crippen MR) is 118 cm³/mol. The minimum absolute atomic E-state index is 0.560. The summed E-state index contributed by atoms with van der Waals surface area (Å²) in [5.74, 6) is -3.40. The molecule has 9 nitrogen and oxygen atoms in total. The van der Waals surface area contributed by atoms with Crippen molar-refractivity contribution in [2.75, 3.05) is 46.5 Å². The topological polar surface area (TPSA) is 112 Å². The smallest absolute Gasteiger partial charge is 0.481 e. The number of aliphatic carboxylic acids is 2. The number of alkyl halides is 6. The highest BCUT2D eigenvalue weighted by atomic mass is 19.4. The van der Waals surface area contributed by atoms with E-state index in [4.69, 9.17) is 29.3 Å². The number of likely N-dealkylation sites (N-methyl/N-ethyl adjacent to an activating group) is 1. The van der Waals surface area contributed by atoms with Gasteiger partial charge in [-0.05, 0) is 25.1 Å². The molecule has 0 radical (unpaired) electrons. The van der Waals surface area contributed by atoms with Crippen molar-refractivity contribution < 1.29 is 55.6 Å². The Morgan fingerprint density at radius 3 is 2.08 bits per heavy atom. The molecule has 3 heterocycles. The number of carboxylic acids is 2. The number of aromatic nitrogens is 1. The van der Waals surface area contributed by atoms with E-state index in [1.807, 2.05) is 6.07 Å². The first-order valence-corrected chi connectivity index (χ1v) is 11.3. The zero-order valence-electron chi connectivity index (χ0n) is 20.6. The number of pyridine rings is 1. The van der Waals surface area contributed by atoms with E-state index in [0.717, 1.165) is 51.8 Å². The Bertz CT molecular complexity index is 842. The Morgan fingerprint density at radius 1 is 1.08 bits per heavy atom. The highest BCUT2D eigenvalue weighted by molar-refractivity contribution is 5.73. The van der Waals surface area contributed by atoms with E-state index in [2.05, 4.69) is 34.7 Å². The number of carboxylic acid groups (broad SMARTS) is 2. The third-order valence-corrected chi connectivity index (χ3v) is 5.89. The van der Waals surface area contributed by atoms with Gasteiger partial charge < -0.3 is 19.7 Å². The molecule has 2 N–H and O–H groups in total. The van der Waals surface area contributed by atoms with Crippen molar-refractivity contribution in [1.82, 2.24) is 14.8 Å². The highest BCUT2D eigenvalue weighted by Gasteiger charge is 2.43. The van der Waals surface area contributed by atoms with Crippen molar-refractivity contribution in [3.63, 3.8) is 0 Å². The number of ether oxygens (including phenoxy) is 2. The van der Waals surface area contributed by atoms with Gasteiger partial charge in [-0.25, -0.2) is 14.6 Å². The van der Waals surface area contributed by atoms with Crippen molar-refractivity contribution in [2.24, 2.45) is 11.8 Å². The van der Waals surface area contributed by atoms with E-state index >= 15 is 0 Å². The molecular weight excluding hydrogens is 516 g/mol. The van der Waals surface area contributed by atoms with Crippen LogP contribution in [0.15, 0.2) is 18.3 Å². The molecule has 2 saturated heterocycles. The fraction of sp³-hybridized carbons (Fsp3) is 0.682. The highest BCUT2D eigenvalue weighted by Crippen LogP contribution is 2.34. The molecule has 212 valence electrons. The van der Waals surface area contributed by atoms with Gasteiger partial charge in [0.25, 0.3) is 0 Å². The molecule has 3 atom stereocenters. The van der Waals surface area contributed by atoms with E-state index in [0.29, 0.717) is 17.9 Å². The molecule has 2 fully saturated rings. The minimum atomic E-state index is -5.08. The number of hydrogen-bond acceptors (Lipinski definition) is 7. The third kappa shape index (κ3) is 10.3. The zero-order valence-corrected chi connectivity index (χ0v) is 20.6. The monoisotopic (exact) mass is 547 g/mol. The predicted octanol–water partition coefficient (Wildman–Crippen LogP) is 3.15. The van der Waals surface area contributed by atoms with Gasteiger partial charge in [-0.15, -0.1) is 0 Å². The van der Waals surface area contributed by atoms with Gasteiger partial charge in [-0.1, -0.05) is 19.9 Å². The van der Waals surface area contributed by atoms with Crippen molar-refractivity contribution in [3.8, 4) is 5.88 Å². The van der Waals surface area contributed by atoms with Crippen LogP contribution in [0.4, 0.5) is 26.3 Å². The second kappa shape index (κ2) is 14.3. The maximum absolute atomic E-state index is 10.6. The first-order chi connectivity index (χ1) is 17.1. The average Bonchev–Trinajstić information content (AvgIpc) is 3.23. The number of rotatable bonds is 6. The summed E-state index contributed by atoms with van der Waals surface area (Å²) in [7, 11) is 1.69. The Hall–Kier alpha value is -2.65. The molecule has 0 amide bonds. The van der Waals surface area contributed by atoms with Crippen LogP contribution in [0.5, 0.6) is 5.88 Å². The Balaban J connectivity index is 0.000000404. The normalized spacial score (nSPS) is 21.7. The van der Waals surface area contributed by atoms with Gasteiger partial charge >= 0.3 is 24.3 Å². The van der Waals surface area contributed by atoms with Gasteiger partial charge in [0.2, 0.25) is 5.88 Å². The van der Waals surface area contributed by atoms with Crippen LogP contribution in [-0.2, 0) is 20.9 Å². The van der Waals surface area contributed by atoms with Crippen LogP contribution in [0, 0.1) is 11.8 Å². The maximum Gasteiger partial charge on any atom is 0.490 e. The van der Waals surface area contributed by atoms with Gasteiger partial charge in [0.1, 0.15) is 0 Å². The summed E-state index contributed by atoms with van der Waals surface area (Å²) in [6.07, 6.45) is -8.38. The summed E-state index contributed by atoms with van der Waals surface area (Å²) >= 11 is 0. The van der Waals surface area contributed by atoms with Gasteiger partial charge in [0.15, 0.2) is 0 Å². The second-order valence-corrected chi connectivity index (χ2v) is 8.22. The lowest BCUT2D eigenvalue weighted by Crippen LogP contribution is -2.50. The molecule has 15 heteroatoms. The molecule has 0 bridgehead atoms. The van der Waals surface area contributed by atoms with E-state index in [-0.39, 0.29) is 0 Å². The number of carbonyl (C=O) groups is 2. The molecule has 1 aromatic heterocycles. The SMILES string of the molecule is CCN(CC)[C@H]1COC[C@@H]2CN(Cc3cccnc3OC)C[C@@H]21.O=C(O)C(F)(F)F.O=C(O)C(F)(F)F. The Morgan fingerprint density at radius 2 is 1.62 bits per heavy atom. The second-order valence-electron chi connectivity index (χ2n) is 8.22. The van der Waals surface area contributed by atoms with Gasteiger partial charge in [0.05, 0.1) is 20.3 Å². The fourth-order valence-corrected chi connectivity index (χ4v) is 4.23. The Labute approximate surface area is 210 Å². The summed E-state index contributed by atoms with van der Waals surface area (Å²) in [4.78, 5) is 27.2. The quantitative estimate of drug-likeness (QED) is 0.519. The number of nitrogens with zero attached hydrogens (tertiary/aromatic N) is 3. The summed E-state index contributed by atoms with van der Waals surface area (Å²) < 4.78 is 74.8. The molecule has 3 rings (SSSR count). The summed E-state index contributed by atoms with van der Waals surface area (Å²) in [5.41, 5.74) is 1.17. The zero-order chi connectivity index (χ0) is 28.4. The molecule has 0 aliphatic carbocycles. The summed E-state index contributed by atoms with van der Waals surface area (Å²) in [6, 6.07) is 4.67. The standard InChI is InChI=1S/C18H29N3O2.2C2HF3O2/c1-4-21(5-2)17-13-23-12-15-10-20(11-16(15)17)9-14-7-6-8-19-18(14)22-3;2*3-2(4,5)1(6)7/h6-8,15-17H,4-5,9-13H2,1-3H3;2*(H,6,7)/t15-,16-,17-;;/m0../s1. The summed E-state index contributed by atoms with van der Waals surface area (Å²) in [5, 5.41) is 14.2. The van der Waals surface area contributed by atoms with E-state index < -0.39 is 24.3 Å². The lowest BCUT2D eigenvalue weighted by molar-refractivity contribution is -0.193. The lowest BCUT2D eigenvalue weighted by Gasteiger charge is -2.39. The molecule has 1 aromatic rings. The van der Waals surface area contributed by atoms with Crippen LogP contribution in [0.2, 0.25) is 0 Å². The maximum atomic E-state index is 10.6. The van der Waals surface area contributed by atoms with E-state index in [1.54, 1.807) is 13.3 Å². The number of halogens is 6. The van der Waals surface area contributed by atoms with Crippen LogP contribution in [0.1, 0.15) is 19.4 Å². The number of fused-ring (bicyclic) bond motifs is 1. The first-order valence-electron chi connectivity index (χ1n) is 11.3. The minimum Gasteiger partial charge on any atom is -0.481 e. The van der Waals surface area contributed by atoms with Crippen LogP contribution in [0.25, 0.3) is 0 Å². The Kier molecular flexibility index (Phi) is 12.5. The summed E-state index contributed by atoms with van der Waals surface area (Å²) in [6.45, 7) is 11.7. The van der Waals surface area contributed by atoms with Crippen molar-refractivity contribution in [1.29, 1.82) is 0 Å². The van der Waals surface area contributed by atoms with Crippen LogP contribution < -0.4 is 4.74 Å². The largest absolute Gasteiger partial charge is 0.490 e. The number of hydrogen-bond donors (Lipinski definition) is 2. The van der Waals surface area contributed by atoms with Crippen LogP contribution in [0.3, 0.4) is 0 Å². The first kappa shape index (κ1) is 32.4. The lowest BCUT2D eigenvalue weighted by atomic mass is 9.87. The van der Waals surface area contributed by atoms with E-state index in [1.165, 1.54) is 5.56 Å². The molecule has 0 unspecified atom stereocenters. The van der Waals surface area contributed by atoms with Crippen LogP contribution in [-0.4, -0.2) is 102 Å². The van der Waals surface area contributed by atoms with Gasteiger partial charge in [-0.3, -0.25) is 9.80 Å². The number of methoxy groups -OCH3 is 1. The van der Waals surface area contributed by atoms with Gasteiger partial charge in [0, 0.05) is 43.4 Å². The molecule has 2 aliphatic rings. The van der Waals surface area contributed by atoms with Crippen molar-refractivity contribution >= 4 is 11.9 Å². The molecule has 0 aromatic carbocycles. The number of likely N-dealkylation sites (tertiary alicyclic amines) is 1. The fourth-order valence-electron chi connectivity index (χ4n) is 4.23. The van der Waals surface area contributed by atoms with Crippen molar-refractivity contribution in [2.45, 2.75) is 38.8 Å².